The van der Waals surface area contributed by atoms with Crippen LogP contribution in [0, 0.1) is 0 Å². The van der Waals surface area contributed by atoms with Crippen LogP contribution in [0.25, 0.3) is 0 Å². The molecule has 0 atom stereocenters. The normalized spacial score (nSPS) is 15.6. The average molecular weight is 285 g/mol. The van der Waals surface area contributed by atoms with Crippen LogP contribution in [0.5, 0.6) is 0 Å². The summed E-state index contributed by atoms with van der Waals surface area (Å²) >= 11 is 1.04. The van der Waals surface area contributed by atoms with Gasteiger partial charge in [-0.15, -0.1) is 11.3 Å². The third-order valence-electron chi connectivity index (χ3n) is 2.62. The molecule has 0 saturated carbocycles. The minimum absolute atomic E-state index is 0.0358. The Balaban J connectivity index is 2.12. The lowest BCUT2D eigenvalue weighted by Gasteiger charge is -2.17. The number of hydrogen-bond acceptors (Lipinski definition) is 2. The molecule has 1 amide bonds. The summed E-state index contributed by atoms with van der Waals surface area (Å²) < 4.78 is 61.2. The number of hydrogen-bond donors (Lipinski definition) is 1. The average Bonchev–Trinajstić information content (AvgIpc) is 2.75. The molecule has 1 aliphatic carbocycles. The first-order valence-electron chi connectivity index (χ1n) is 5.09. The van der Waals surface area contributed by atoms with Gasteiger partial charge in [0.25, 0.3) is 0 Å². The number of alkyl halides is 5. The lowest BCUT2D eigenvalue weighted by atomic mass is 10.2. The lowest BCUT2D eigenvalue weighted by molar-refractivity contribution is -0.267. The SMILES string of the molecule is O=C(Nc1cc2c(s1)CCC2)C(F)(F)C(F)(F)F. The highest BCUT2D eigenvalue weighted by Crippen LogP contribution is 2.38. The van der Waals surface area contributed by atoms with Gasteiger partial charge in [0, 0.05) is 4.88 Å². The van der Waals surface area contributed by atoms with Gasteiger partial charge in [-0.05, 0) is 30.9 Å². The monoisotopic (exact) mass is 285 g/mol. The van der Waals surface area contributed by atoms with Gasteiger partial charge in [-0.25, -0.2) is 0 Å². The summed E-state index contributed by atoms with van der Waals surface area (Å²) in [5.74, 6) is -7.71. The van der Waals surface area contributed by atoms with Crippen molar-refractivity contribution in [1.29, 1.82) is 0 Å². The third-order valence-corrected chi connectivity index (χ3v) is 3.78. The van der Waals surface area contributed by atoms with E-state index in [4.69, 9.17) is 0 Å². The first kappa shape index (κ1) is 13.3. The number of amides is 1. The van der Waals surface area contributed by atoms with E-state index in [-0.39, 0.29) is 5.00 Å². The highest BCUT2D eigenvalue weighted by Gasteiger charge is 2.63. The molecule has 0 aliphatic heterocycles. The van der Waals surface area contributed by atoms with E-state index in [0.717, 1.165) is 41.0 Å². The predicted octanol–water partition coefficient (Wildman–Crippen LogP) is 3.37. The summed E-state index contributed by atoms with van der Waals surface area (Å²) in [4.78, 5) is 11.9. The van der Waals surface area contributed by atoms with Gasteiger partial charge in [-0.1, -0.05) is 0 Å². The van der Waals surface area contributed by atoms with Crippen molar-refractivity contribution in [2.24, 2.45) is 0 Å². The van der Waals surface area contributed by atoms with E-state index in [1.54, 1.807) is 5.32 Å². The van der Waals surface area contributed by atoms with Gasteiger partial charge in [-0.3, -0.25) is 4.79 Å². The van der Waals surface area contributed by atoms with E-state index in [1.165, 1.54) is 6.07 Å². The summed E-state index contributed by atoms with van der Waals surface area (Å²) in [7, 11) is 0. The Morgan fingerprint density at radius 1 is 1.22 bits per heavy atom. The quantitative estimate of drug-likeness (QED) is 0.829. The summed E-state index contributed by atoms with van der Waals surface area (Å²) in [5.41, 5.74) is 0.908. The number of fused-ring (bicyclic) bond motifs is 1. The van der Waals surface area contributed by atoms with E-state index >= 15 is 0 Å². The molecule has 2 rings (SSSR count). The fourth-order valence-corrected chi connectivity index (χ4v) is 2.86. The first-order chi connectivity index (χ1) is 8.22. The van der Waals surface area contributed by atoms with Gasteiger partial charge in [0.15, 0.2) is 0 Å². The standard InChI is InChI=1S/C10H8F5NOS/c11-9(12,10(13,14)15)8(17)16-7-4-5-2-1-3-6(5)18-7/h4H,1-3H2,(H,16,17). The Hall–Kier alpha value is -1.18. The van der Waals surface area contributed by atoms with Crippen molar-refractivity contribution in [2.75, 3.05) is 5.32 Å². The van der Waals surface area contributed by atoms with Crippen molar-refractivity contribution in [1.82, 2.24) is 0 Å². The van der Waals surface area contributed by atoms with Crippen LogP contribution in [0.3, 0.4) is 0 Å². The molecule has 100 valence electrons. The Kier molecular flexibility index (Phi) is 3.08. The maximum absolute atomic E-state index is 12.7. The van der Waals surface area contributed by atoms with E-state index in [9.17, 15) is 26.7 Å². The second-order valence-electron chi connectivity index (χ2n) is 3.94. The highest BCUT2D eigenvalue weighted by atomic mass is 32.1. The third kappa shape index (κ3) is 2.21. The van der Waals surface area contributed by atoms with Crippen molar-refractivity contribution in [3.63, 3.8) is 0 Å². The van der Waals surface area contributed by atoms with Crippen LogP contribution in [0.1, 0.15) is 16.9 Å². The van der Waals surface area contributed by atoms with Crippen LogP contribution in [0.4, 0.5) is 27.0 Å². The number of rotatable bonds is 2. The summed E-state index contributed by atoms with van der Waals surface area (Å²) in [6.45, 7) is 0. The van der Waals surface area contributed by atoms with Gasteiger partial charge in [-0.2, -0.15) is 22.0 Å². The molecule has 1 aromatic heterocycles. The molecule has 1 aromatic rings. The molecule has 0 unspecified atom stereocenters. The van der Waals surface area contributed by atoms with Crippen molar-refractivity contribution < 1.29 is 26.7 Å². The molecule has 0 aromatic carbocycles. The Labute approximate surface area is 103 Å². The zero-order valence-electron chi connectivity index (χ0n) is 8.90. The largest absolute Gasteiger partial charge is 0.463 e. The summed E-state index contributed by atoms with van der Waals surface area (Å²) in [6.07, 6.45) is -3.41. The van der Waals surface area contributed by atoms with Gasteiger partial charge < -0.3 is 5.32 Å². The Morgan fingerprint density at radius 2 is 1.89 bits per heavy atom. The molecule has 0 saturated heterocycles. The predicted molar refractivity (Wildman–Crippen MR) is 56.0 cm³/mol. The van der Waals surface area contributed by atoms with E-state index < -0.39 is 18.0 Å². The van der Waals surface area contributed by atoms with Gasteiger partial charge >= 0.3 is 18.0 Å². The van der Waals surface area contributed by atoms with Gasteiger partial charge in [0.05, 0.1) is 5.00 Å². The molecule has 18 heavy (non-hydrogen) atoms. The van der Waals surface area contributed by atoms with Gasteiger partial charge in [0.1, 0.15) is 0 Å². The fraction of sp³-hybridized carbons (Fsp3) is 0.500. The number of nitrogens with one attached hydrogen (secondary N) is 1. The zero-order valence-corrected chi connectivity index (χ0v) is 9.72. The van der Waals surface area contributed by atoms with Crippen LogP contribution in [0.15, 0.2) is 6.07 Å². The maximum Gasteiger partial charge on any atom is 0.463 e. The minimum atomic E-state index is -5.88. The number of carbonyl (C=O) groups excluding carboxylic acids is 1. The van der Waals surface area contributed by atoms with E-state index in [0.29, 0.717) is 0 Å². The molecule has 1 heterocycles. The molecular formula is C10H8F5NOS. The summed E-state index contributed by atoms with van der Waals surface area (Å²) in [6, 6.07) is 1.46. The molecular weight excluding hydrogens is 277 g/mol. The molecule has 8 heteroatoms. The highest BCUT2D eigenvalue weighted by molar-refractivity contribution is 7.16. The van der Waals surface area contributed by atoms with Crippen LogP contribution in [0.2, 0.25) is 0 Å². The van der Waals surface area contributed by atoms with Crippen LogP contribution in [-0.2, 0) is 17.6 Å². The lowest BCUT2D eigenvalue weighted by Crippen LogP contribution is -2.47. The number of halogens is 5. The Bertz CT molecular complexity index is 458. The summed E-state index contributed by atoms with van der Waals surface area (Å²) in [5, 5.41) is 1.66. The second kappa shape index (κ2) is 4.18. The number of anilines is 1. The fourth-order valence-electron chi connectivity index (χ4n) is 1.71. The topological polar surface area (TPSA) is 29.1 Å². The van der Waals surface area contributed by atoms with Crippen LogP contribution in [-0.4, -0.2) is 18.0 Å². The molecule has 1 aliphatic rings. The minimum Gasteiger partial charge on any atom is -0.312 e. The zero-order chi connectivity index (χ0) is 13.6. The van der Waals surface area contributed by atoms with Crippen molar-refractivity contribution in [3.05, 3.63) is 16.5 Å². The number of thiophene rings is 1. The number of aryl methyl sites for hydroxylation is 2. The molecule has 0 spiro atoms. The van der Waals surface area contributed by atoms with Gasteiger partial charge in [0.2, 0.25) is 0 Å². The van der Waals surface area contributed by atoms with Crippen molar-refractivity contribution >= 4 is 22.2 Å². The van der Waals surface area contributed by atoms with Crippen LogP contribution >= 0.6 is 11.3 Å². The Morgan fingerprint density at radius 3 is 2.44 bits per heavy atom. The molecule has 0 radical (unpaired) electrons. The van der Waals surface area contributed by atoms with E-state index in [2.05, 4.69) is 0 Å². The van der Waals surface area contributed by atoms with Crippen LogP contribution < -0.4 is 5.32 Å². The number of carbonyl (C=O) groups is 1. The molecule has 1 N–H and O–H groups in total. The van der Waals surface area contributed by atoms with Crippen molar-refractivity contribution in [2.45, 2.75) is 31.4 Å². The van der Waals surface area contributed by atoms with Crippen molar-refractivity contribution in [3.8, 4) is 0 Å². The second-order valence-corrected chi connectivity index (χ2v) is 5.08. The molecule has 2 nitrogen and oxygen atoms in total. The smallest absolute Gasteiger partial charge is 0.312 e. The molecule has 0 fully saturated rings. The van der Waals surface area contributed by atoms with E-state index in [1.807, 2.05) is 0 Å². The maximum atomic E-state index is 12.7. The molecule has 0 bridgehead atoms. The first-order valence-corrected chi connectivity index (χ1v) is 5.91.